The fraction of sp³-hybridized carbons (Fsp3) is 1.00. The molecule has 0 aromatic carbocycles. The van der Waals surface area contributed by atoms with Crippen LogP contribution in [0.15, 0.2) is 0 Å². The fourth-order valence-electron chi connectivity index (χ4n) is 2.77. The maximum atomic E-state index is 9.66. The summed E-state index contributed by atoms with van der Waals surface area (Å²) in [6.45, 7) is 0. The number of aliphatic hydroxyl groups is 1. The predicted octanol–water partition coefficient (Wildman–Crippen LogP) is 1.03. The van der Waals surface area contributed by atoms with Crippen molar-refractivity contribution in [2.75, 3.05) is 0 Å². The van der Waals surface area contributed by atoms with E-state index in [1.54, 1.807) is 0 Å². The Labute approximate surface area is 67.8 Å². The lowest BCUT2D eigenvalue weighted by Gasteiger charge is -2.38. The molecule has 2 aliphatic carbocycles. The minimum absolute atomic E-state index is 0.196. The van der Waals surface area contributed by atoms with Gasteiger partial charge in [-0.3, -0.25) is 0 Å². The van der Waals surface area contributed by atoms with Crippen LogP contribution in [0, 0.1) is 5.92 Å². The van der Waals surface area contributed by atoms with Crippen LogP contribution in [0.25, 0.3) is 0 Å². The molecule has 0 spiro atoms. The fourth-order valence-corrected chi connectivity index (χ4v) is 2.77. The summed E-state index contributed by atoms with van der Waals surface area (Å²) >= 11 is 0. The second-order valence-electron chi connectivity index (χ2n) is 4.15. The molecule has 0 unspecified atom stereocenters. The molecule has 3 N–H and O–H groups in total. The van der Waals surface area contributed by atoms with Crippen LogP contribution in [0.1, 0.15) is 38.5 Å². The minimum atomic E-state index is -0.215. The van der Waals surface area contributed by atoms with Gasteiger partial charge in [-0.1, -0.05) is 12.8 Å². The third-order valence-electron chi connectivity index (χ3n) is 3.58. The topological polar surface area (TPSA) is 46.2 Å². The number of aliphatic hydroxyl groups excluding tert-OH is 1. The number of rotatable bonds is 0. The Morgan fingerprint density at radius 3 is 2.73 bits per heavy atom. The van der Waals surface area contributed by atoms with Crippen molar-refractivity contribution in [3.05, 3.63) is 0 Å². The maximum Gasteiger partial charge on any atom is 0.0722 e. The van der Waals surface area contributed by atoms with Gasteiger partial charge in [-0.05, 0) is 31.6 Å². The van der Waals surface area contributed by atoms with E-state index in [2.05, 4.69) is 0 Å². The van der Waals surface area contributed by atoms with Gasteiger partial charge in [-0.25, -0.2) is 0 Å². The van der Waals surface area contributed by atoms with Crippen LogP contribution < -0.4 is 5.73 Å². The van der Waals surface area contributed by atoms with Crippen LogP contribution in [-0.2, 0) is 0 Å². The highest BCUT2D eigenvalue weighted by molar-refractivity contribution is 5.04. The first-order chi connectivity index (χ1) is 5.23. The lowest BCUT2D eigenvalue weighted by atomic mass is 9.75. The molecular weight excluding hydrogens is 138 g/mol. The van der Waals surface area contributed by atoms with Crippen LogP contribution in [0.5, 0.6) is 0 Å². The highest BCUT2D eigenvalue weighted by Crippen LogP contribution is 2.43. The number of hydrogen-bond donors (Lipinski definition) is 2. The van der Waals surface area contributed by atoms with Crippen molar-refractivity contribution in [3.8, 4) is 0 Å². The standard InChI is InChI=1S/C9H17NO/c10-9-6-2-1-3-7(9)4-5-8(9)11/h7-8,11H,1-6,10H2/t7-,8+,9-/m0/s1. The number of fused-ring (bicyclic) bond motifs is 1. The zero-order valence-corrected chi connectivity index (χ0v) is 6.92. The molecule has 64 valence electrons. The van der Waals surface area contributed by atoms with Gasteiger partial charge in [-0.15, -0.1) is 0 Å². The lowest BCUT2D eigenvalue weighted by Crippen LogP contribution is -2.53. The Hall–Kier alpha value is -0.0800. The van der Waals surface area contributed by atoms with Gasteiger partial charge < -0.3 is 10.8 Å². The second kappa shape index (κ2) is 2.46. The molecule has 2 fully saturated rings. The third kappa shape index (κ3) is 1.00. The van der Waals surface area contributed by atoms with Crippen molar-refractivity contribution in [1.29, 1.82) is 0 Å². The zero-order chi connectivity index (χ0) is 7.90. The van der Waals surface area contributed by atoms with Crippen LogP contribution in [0.3, 0.4) is 0 Å². The van der Waals surface area contributed by atoms with Crippen molar-refractivity contribution < 1.29 is 5.11 Å². The van der Waals surface area contributed by atoms with E-state index < -0.39 is 0 Å². The molecule has 0 aliphatic heterocycles. The minimum Gasteiger partial charge on any atom is -0.391 e. The molecule has 0 aromatic heterocycles. The summed E-state index contributed by atoms with van der Waals surface area (Å²) < 4.78 is 0. The third-order valence-corrected chi connectivity index (χ3v) is 3.58. The summed E-state index contributed by atoms with van der Waals surface area (Å²) in [5.74, 6) is 0.617. The summed E-state index contributed by atoms with van der Waals surface area (Å²) in [6, 6.07) is 0. The molecule has 0 amide bonds. The van der Waals surface area contributed by atoms with Gasteiger partial charge in [0, 0.05) is 5.54 Å². The molecule has 2 rings (SSSR count). The molecule has 0 saturated heterocycles. The van der Waals surface area contributed by atoms with Gasteiger partial charge in [-0.2, -0.15) is 0 Å². The van der Waals surface area contributed by atoms with Crippen LogP contribution in [-0.4, -0.2) is 16.7 Å². The Morgan fingerprint density at radius 1 is 1.18 bits per heavy atom. The first kappa shape index (κ1) is 7.56. The molecule has 0 aromatic rings. The van der Waals surface area contributed by atoms with E-state index >= 15 is 0 Å². The van der Waals surface area contributed by atoms with Crippen LogP contribution in [0.4, 0.5) is 0 Å². The van der Waals surface area contributed by atoms with Crippen molar-refractivity contribution in [3.63, 3.8) is 0 Å². The molecule has 2 saturated carbocycles. The molecule has 0 heterocycles. The molecule has 3 atom stereocenters. The Morgan fingerprint density at radius 2 is 2.00 bits per heavy atom. The summed E-state index contributed by atoms with van der Waals surface area (Å²) in [7, 11) is 0. The highest BCUT2D eigenvalue weighted by atomic mass is 16.3. The van der Waals surface area contributed by atoms with Gasteiger partial charge in [0.05, 0.1) is 6.10 Å². The SMILES string of the molecule is N[C@@]12CCCC[C@H]1CC[C@H]2O. The maximum absolute atomic E-state index is 9.66. The summed E-state index contributed by atoms with van der Waals surface area (Å²) in [6.07, 6.45) is 6.68. The first-order valence-corrected chi connectivity index (χ1v) is 4.70. The summed E-state index contributed by atoms with van der Waals surface area (Å²) in [4.78, 5) is 0. The van der Waals surface area contributed by atoms with E-state index in [0.29, 0.717) is 5.92 Å². The van der Waals surface area contributed by atoms with Crippen LogP contribution in [0.2, 0.25) is 0 Å². The van der Waals surface area contributed by atoms with Gasteiger partial charge in [0.25, 0.3) is 0 Å². The van der Waals surface area contributed by atoms with Crippen molar-refractivity contribution in [2.45, 2.75) is 50.2 Å². The smallest absolute Gasteiger partial charge is 0.0722 e. The summed E-state index contributed by atoms with van der Waals surface area (Å²) in [5.41, 5.74) is 5.96. The second-order valence-corrected chi connectivity index (χ2v) is 4.15. The molecular formula is C9H17NO. The predicted molar refractivity (Wildman–Crippen MR) is 44.1 cm³/mol. The lowest BCUT2D eigenvalue weighted by molar-refractivity contribution is 0.0679. The van der Waals surface area contributed by atoms with Gasteiger partial charge in [0.1, 0.15) is 0 Å². The highest BCUT2D eigenvalue weighted by Gasteiger charge is 2.47. The Balaban J connectivity index is 2.16. The molecule has 2 nitrogen and oxygen atoms in total. The molecule has 11 heavy (non-hydrogen) atoms. The quantitative estimate of drug-likeness (QED) is 0.549. The number of nitrogens with two attached hydrogens (primary N) is 1. The van der Waals surface area contributed by atoms with Gasteiger partial charge in [0.2, 0.25) is 0 Å². The molecule has 0 bridgehead atoms. The average molecular weight is 155 g/mol. The summed E-state index contributed by atoms with van der Waals surface area (Å²) in [5, 5.41) is 9.66. The van der Waals surface area contributed by atoms with E-state index in [1.807, 2.05) is 0 Å². The van der Waals surface area contributed by atoms with E-state index in [-0.39, 0.29) is 11.6 Å². The van der Waals surface area contributed by atoms with Gasteiger partial charge in [0.15, 0.2) is 0 Å². The number of hydrogen-bond acceptors (Lipinski definition) is 2. The first-order valence-electron chi connectivity index (χ1n) is 4.70. The van der Waals surface area contributed by atoms with E-state index in [4.69, 9.17) is 5.73 Å². The van der Waals surface area contributed by atoms with E-state index in [9.17, 15) is 5.11 Å². The molecule has 2 aliphatic rings. The van der Waals surface area contributed by atoms with E-state index in [1.165, 1.54) is 19.3 Å². The van der Waals surface area contributed by atoms with E-state index in [0.717, 1.165) is 19.3 Å². The molecule has 0 radical (unpaired) electrons. The van der Waals surface area contributed by atoms with Crippen molar-refractivity contribution in [1.82, 2.24) is 0 Å². The largest absolute Gasteiger partial charge is 0.391 e. The van der Waals surface area contributed by atoms with Gasteiger partial charge >= 0.3 is 0 Å². The zero-order valence-electron chi connectivity index (χ0n) is 6.92. The normalized spacial score (nSPS) is 50.7. The molecule has 2 heteroatoms. The Bertz CT molecular complexity index is 158. The Kier molecular flexibility index (Phi) is 1.69. The average Bonchev–Trinajstić information content (AvgIpc) is 2.29. The van der Waals surface area contributed by atoms with Crippen LogP contribution >= 0.6 is 0 Å². The monoisotopic (exact) mass is 155 g/mol. The van der Waals surface area contributed by atoms with Crippen molar-refractivity contribution in [2.24, 2.45) is 11.7 Å². The van der Waals surface area contributed by atoms with Crippen molar-refractivity contribution >= 4 is 0 Å².